The zero-order valence-electron chi connectivity index (χ0n) is 6.14. The molecule has 66 valence electrons. The van der Waals surface area contributed by atoms with E-state index in [4.69, 9.17) is 23.2 Å². The molecule has 2 rings (SSSR count). The molecule has 0 unspecified atom stereocenters. The molecule has 0 saturated carbocycles. The molecule has 0 aliphatic carbocycles. The Morgan fingerprint density at radius 2 is 1.69 bits per heavy atom. The fraction of sp³-hybridized carbons (Fsp3) is 0. The van der Waals surface area contributed by atoms with Gasteiger partial charge in [0.05, 0.1) is 15.6 Å². The number of ether oxygens (including phenoxy) is 1. The van der Waals surface area contributed by atoms with Crippen molar-refractivity contribution >= 4 is 35.0 Å². The largest absolute Gasteiger partial charge is 0.420 e. The van der Waals surface area contributed by atoms with E-state index in [1.165, 1.54) is 12.1 Å². The second kappa shape index (κ2) is 2.72. The summed E-state index contributed by atoms with van der Waals surface area (Å²) in [5, 5.41) is 0.481. The molecule has 1 aliphatic heterocycles. The van der Waals surface area contributed by atoms with Crippen molar-refractivity contribution in [1.29, 1.82) is 0 Å². The molecule has 0 bridgehead atoms. The van der Waals surface area contributed by atoms with E-state index in [1.807, 2.05) is 0 Å². The molecule has 0 saturated heterocycles. The first-order valence-corrected chi connectivity index (χ1v) is 4.11. The topological polar surface area (TPSA) is 43.4 Å². The van der Waals surface area contributed by atoms with Crippen LogP contribution in [0.15, 0.2) is 12.1 Å². The van der Waals surface area contributed by atoms with Crippen LogP contribution in [-0.2, 0) is 4.79 Å². The maximum atomic E-state index is 11.1. The minimum Gasteiger partial charge on any atom is -0.420 e. The Hall–Kier alpha value is -1.06. The average molecular weight is 217 g/mol. The predicted octanol–water partition coefficient (Wildman–Crippen LogP) is 2.10. The molecule has 5 heteroatoms. The van der Waals surface area contributed by atoms with Gasteiger partial charge < -0.3 is 4.74 Å². The monoisotopic (exact) mass is 216 g/mol. The van der Waals surface area contributed by atoms with Gasteiger partial charge in [0.15, 0.2) is 0 Å². The van der Waals surface area contributed by atoms with E-state index in [-0.39, 0.29) is 21.4 Å². The van der Waals surface area contributed by atoms with Gasteiger partial charge in [-0.2, -0.15) is 0 Å². The molecule has 1 aromatic carbocycles. The standard InChI is InChI=1S/C8H2Cl2O3/c9-4-1-3-6(2-5(4)10)13-8(12)7(3)11/h1-2H. The summed E-state index contributed by atoms with van der Waals surface area (Å²) in [4.78, 5) is 21.9. The zero-order chi connectivity index (χ0) is 9.59. The number of rotatable bonds is 0. The Balaban J connectivity index is 2.66. The fourth-order valence-corrected chi connectivity index (χ4v) is 1.36. The van der Waals surface area contributed by atoms with Crippen LogP contribution in [0.2, 0.25) is 10.0 Å². The lowest BCUT2D eigenvalue weighted by atomic mass is 10.1. The minimum absolute atomic E-state index is 0.166. The van der Waals surface area contributed by atoms with Gasteiger partial charge in [0.2, 0.25) is 0 Å². The van der Waals surface area contributed by atoms with Crippen molar-refractivity contribution in [2.45, 2.75) is 0 Å². The summed E-state index contributed by atoms with van der Waals surface area (Å²) in [5.41, 5.74) is 0.166. The van der Waals surface area contributed by atoms with Crippen molar-refractivity contribution in [3.63, 3.8) is 0 Å². The van der Waals surface area contributed by atoms with E-state index < -0.39 is 11.8 Å². The molecule has 0 radical (unpaired) electrons. The van der Waals surface area contributed by atoms with Crippen molar-refractivity contribution in [1.82, 2.24) is 0 Å². The third-order valence-corrected chi connectivity index (χ3v) is 2.38. The van der Waals surface area contributed by atoms with Gasteiger partial charge in [0.1, 0.15) is 5.75 Å². The van der Waals surface area contributed by atoms with E-state index >= 15 is 0 Å². The van der Waals surface area contributed by atoms with E-state index in [0.717, 1.165) is 0 Å². The van der Waals surface area contributed by atoms with Crippen LogP contribution in [-0.4, -0.2) is 11.8 Å². The van der Waals surface area contributed by atoms with Crippen LogP contribution >= 0.6 is 23.2 Å². The smallest absolute Gasteiger partial charge is 0.385 e. The summed E-state index contributed by atoms with van der Waals surface area (Å²) in [6, 6.07) is 2.68. The second-order valence-electron chi connectivity index (χ2n) is 2.48. The van der Waals surface area contributed by atoms with E-state index in [2.05, 4.69) is 4.74 Å². The highest BCUT2D eigenvalue weighted by atomic mass is 35.5. The van der Waals surface area contributed by atoms with Crippen molar-refractivity contribution in [3.8, 4) is 5.75 Å². The van der Waals surface area contributed by atoms with Crippen LogP contribution in [0.5, 0.6) is 5.75 Å². The molecule has 0 atom stereocenters. The summed E-state index contributed by atoms with van der Waals surface area (Å²) < 4.78 is 4.62. The zero-order valence-corrected chi connectivity index (χ0v) is 7.65. The highest BCUT2D eigenvalue weighted by molar-refractivity contribution is 6.47. The molecule has 0 aromatic heterocycles. The van der Waals surface area contributed by atoms with Gasteiger partial charge in [-0.1, -0.05) is 23.2 Å². The van der Waals surface area contributed by atoms with Crippen molar-refractivity contribution in [2.75, 3.05) is 0 Å². The van der Waals surface area contributed by atoms with Crippen molar-refractivity contribution in [2.24, 2.45) is 0 Å². The molecule has 1 aromatic rings. The van der Waals surface area contributed by atoms with Crippen LogP contribution in [0.25, 0.3) is 0 Å². The fourth-order valence-electron chi connectivity index (χ4n) is 1.05. The minimum atomic E-state index is -0.895. The number of fused-ring (bicyclic) bond motifs is 1. The molecule has 1 aliphatic rings. The molecule has 0 fully saturated rings. The number of Topliss-reactive ketones (excluding diaryl/α,β-unsaturated/α-hetero) is 1. The summed E-state index contributed by atoms with van der Waals surface area (Å²) in [5.74, 6) is -1.41. The normalized spacial score (nSPS) is 14.3. The summed E-state index contributed by atoms with van der Waals surface area (Å²) in [6.07, 6.45) is 0. The second-order valence-corrected chi connectivity index (χ2v) is 3.30. The number of carbonyl (C=O) groups is 2. The van der Waals surface area contributed by atoms with Crippen molar-refractivity contribution < 1.29 is 14.3 Å². The summed E-state index contributed by atoms with van der Waals surface area (Å²) in [7, 11) is 0. The molecule has 0 N–H and O–H groups in total. The third-order valence-electron chi connectivity index (χ3n) is 1.66. The average Bonchev–Trinajstić information content (AvgIpc) is 2.32. The lowest BCUT2D eigenvalue weighted by Gasteiger charge is -1.97. The Morgan fingerprint density at radius 1 is 1.08 bits per heavy atom. The highest BCUT2D eigenvalue weighted by Crippen LogP contribution is 2.34. The van der Waals surface area contributed by atoms with E-state index in [1.54, 1.807) is 0 Å². The summed E-state index contributed by atoms with van der Waals surface area (Å²) in [6.45, 7) is 0. The van der Waals surface area contributed by atoms with Crippen LogP contribution in [0, 0.1) is 0 Å². The molecular formula is C8H2Cl2O3. The van der Waals surface area contributed by atoms with Gasteiger partial charge in [-0.25, -0.2) is 4.79 Å². The Labute approximate surface area is 83.2 Å². The molecular weight excluding hydrogens is 215 g/mol. The van der Waals surface area contributed by atoms with Gasteiger partial charge in [-0.05, 0) is 6.07 Å². The molecule has 1 heterocycles. The van der Waals surface area contributed by atoms with Crippen LogP contribution in [0.3, 0.4) is 0 Å². The van der Waals surface area contributed by atoms with Crippen LogP contribution < -0.4 is 4.74 Å². The number of hydrogen-bond donors (Lipinski definition) is 0. The molecule has 13 heavy (non-hydrogen) atoms. The SMILES string of the molecule is O=C1Oc2cc(Cl)c(Cl)cc2C1=O. The van der Waals surface area contributed by atoms with Crippen LogP contribution in [0.1, 0.15) is 10.4 Å². The maximum absolute atomic E-state index is 11.1. The number of benzene rings is 1. The highest BCUT2D eigenvalue weighted by Gasteiger charge is 2.31. The molecule has 3 nitrogen and oxygen atoms in total. The molecule has 0 spiro atoms. The van der Waals surface area contributed by atoms with Gasteiger partial charge in [-0.3, -0.25) is 4.79 Å². The lowest BCUT2D eigenvalue weighted by molar-refractivity contribution is -0.128. The van der Waals surface area contributed by atoms with Gasteiger partial charge >= 0.3 is 5.97 Å². The number of halogens is 2. The predicted molar refractivity (Wildman–Crippen MR) is 46.4 cm³/mol. The quantitative estimate of drug-likeness (QED) is 0.379. The first-order valence-electron chi connectivity index (χ1n) is 3.35. The van der Waals surface area contributed by atoms with Crippen molar-refractivity contribution in [3.05, 3.63) is 27.7 Å². The van der Waals surface area contributed by atoms with Gasteiger partial charge in [-0.15, -0.1) is 0 Å². The van der Waals surface area contributed by atoms with E-state index in [9.17, 15) is 9.59 Å². The Morgan fingerprint density at radius 3 is 2.38 bits per heavy atom. The van der Waals surface area contributed by atoms with Crippen LogP contribution in [0.4, 0.5) is 0 Å². The van der Waals surface area contributed by atoms with Gasteiger partial charge in [0, 0.05) is 6.07 Å². The first-order chi connectivity index (χ1) is 6.09. The van der Waals surface area contributed by atoms with E-state index in [0.29, 0.717) is 0 Å². The number of ketones is 1. The first kappa shape index (κ1) is 8.53. The number of carbonyl (C=O) groups excluding carboxylic acids is 2. The summed E-state index contributed by atoms with van der Waals surface area (Å²) >= 11 is 11.3. The third kappa shape index (κ3) is 1.20. The molecule has 0 amide bonds. The Kier molecular flexibility index (Phi) is 1.78. The lowest BCUT2D eigenvalue weighted by Crippen LogP contribution is -2.10. The van der Waals surface area contributed by atoms with Gasteiger partial charge in [0.25, 0.3) is 5.78 Å². The number of esters is 1. The maximum Gasteiger partial charge on any atom is 0.385 e. The number of hydrogen-bond acceptors (Lipinski definition) is 3. The Bertz CT molecular complexity index is 426.